The first kappa shape index (κ1) is 29.4. The predicted molar refractivity (Wildman–Crippen MR) is 154 cm³/mol. The second-order valence-corrected chi connectivity index (χ2v) is 11.9. The van der Waals surface area contributed by atoms with Gasteiger partial charge in [0.1, 0.15) is 23.5 Å². The number of anilines is 2. The molecule has 1 aliphatic carbocycles. The maximum Gasteiger partial charge on any atom is 0.408 e. The number of benzene rings is 2. The molecule has 0 aromatic heterocycles. The topological polar surface area (TPSA) is 91.0 Å². The summed E-state index contributed by atoms with van der Waals surface area (Å²) in [4.78, 5) is 43.7. The molecule has 2 aliphatic rings. The fourth-order valence-corrected chi connectivity index (χ4v) is 5.54. The number of carbonyl (C=O) groups is 3. The molecular formula is C31H41FN4O4. The van der Waals surface area contributed by atoms with Crippen LogP contribution < -0.4 is 20.4 Å². The molecule has 2 atom stereocenters. The molecule has 1 saturated carbocycles. The average molecular weight is 553 g/mol. The standard InChI is InChI=1S/C31H41FN4O4/c1-31(2,3)40-30(39)34-24(18-22-14-8-9-15-23(22)32)28(37)33-25-20-36(19-21-12-6-5-7-13-21)27-17-11-10-16-26(27)35(4)29(25)38/h8-11,14-17,21,24-25H,5-7,12-13,18-20H2,1-4H3,(H,33,37)(H,34,39)/t24-,25-/m1/s1. The fourth-order valence-electron chi connectivity index (χ4n) is 5.54. The van der Waals surface area contributed by atoms with E-state index in [2.05, 4.69) is 15.5 Å². The zero-order valence-electron chi connectivity index (χ0n) is 23.9. The highest BCUT2D eigenvalue weighted by atomic mass is 19.1. The second-order valence-electron chi connectivity index (χ2n) is 11.9. The highest BCUT2D eigenvalue weighted by molar-refractivity contribution is 6.03. The maximum absolute atomic E-state index is 14.5. The lowest BCUT2D eigenvalue weighted by atomic mass is 9.88. The van der Waals surface area contributed by atoms with Crippen LogP contribution in [0.2, 0.25) is 0 Å². The van der Waals surface area contributed by atoms with Gasteiger partial charge in [0, 0.05) is 26.6 Å². The Morgan fingerprint density at radius 2 is 1.68 bits per heavy atom. The van der Waals surface area contributed by atoms with Gasteiger partial charge in [-0.3, -0.25) is 9.59 Å². The summed E-state index contributed by atoms with van der Waals surface area (Å²) >= 11 is 0. The molecule has 2 aromatic carbocycles. The lowest BCUT2D eigenvalue weighted by molar-refractivity contribution is -0.128. The van der Waals surface area contributed by atoms with Gasteiger partial charge in [-0.15, -0.1) is 0 Å². The lowest BCUT2D eigenvalue weighted by Crippen LogP contribution is -2.57. The first-order chi connectivity index (χ1) is 19.0. The highest BCUT2D eigenvalue weighted by Crippen LogP contribution is 2.34. The first-order valence-corrected chi connectivity index (χ1v) is 14.2. The van der Waals surface area contributed by atoms with Crippen LogP contribution in [-0.2, 0) is 20.7 Å². The number of nitrogens with zero attached hydrogens (tertiary/aromatic N) is 2. The van der Waals surface area contributed by atoms with E-state index in [1.807, 2.05) is 24.3 Å². The van der Waals surface area contributed by atoms with Crippen LogP contribution in [0.1, 0.15) is 58.4 Å². The zero-order valence-corrected chi connectivity index (χ0v) is 23.9. The number of hydrogen-bond donors (Lipinski definition) is 2. The van der Waals surface area contributed by atoms with Crippen LogP contribution in [0, 0.1) is 11.7 Å². The van der Waals surface area contributed by atoms with Crippen molar-refractivity contribution >= 4 is 29.3 Å². The van der Waals surface area contributed by atoms with E-state index in [-0.39, 0.29) is 17.9 Å². The summed E-state index contributed by atoms with van der Waals surface area (Å²) in [5.41, 5.74) is 1.23. The summed E-state index contributed by atoms with van der Waals surface area (Å²) in [5.74, 6) is -0.803. The molecule has 2 aromatic rings. The number of alkyl carbamates (subject to hydrolysis) is 1. The van der Waals surface area contributed by atoms with Crippen LogP contribution in [-0.4, -0.2) is 55.7 Å². The number of amides is 3. The van der Waals surface area contributed by atoms with Crippen LogP contribution in [0.25, 0.3) is 0 Å². The van der Waals surface area contributed by atoms with Crippen molar-refractivity contribution in [3.63, 3.8) is 0 Å². The number of halogens is 1. The average Bonchev–Trinajstić information content (AvgIpc) is 3.00. The number of hydrogen-bond acceptors (Lipinski definition) is 5. The van der Waals surface area contributed by atoms with Gasteiger partial charge in [0.25, 0.3) is 5.91 Å². The molecule has 1 aliphatic heterocycles. The number of carbonyl (C=O) groups excluding carboxylic acids is 3. The van der Waals surface area contributed by atoms with Gasteiger partial charge in [0.05, 0.1) is 11.4 Å². The molecule has 3 amide bonds. The summed E-state index contributed by atoms with van der Waals surface area (Å²) in [6.07, 6.45) is 5.05. The molecule has 216 valence electrons. The largest absolute Gasteiger partial charge is 0.444 e. The van der Waals surface area contributed by atoms with E-state index in [9.17, 15) is 18.8 Å². The van der Waals surface area contributed by atoms with Crippen LogP contribution in [0.5, 0.6) is 0 Å². The smallest absolute Gasteiger partial charge is 0.408 e. The summed E-state index contributed by atoms with van der Waals surface area (Å²) in [7, 11) is 1.71. The van der Waals surface area contributed by atoms with Gasteiger partial charge in [-0.25, -0.2) is 9.18 Å². The second kappa shape index (κ2) is 12.7. The van der Waals surface area contributed by atoms with Crippen LogP contribution in [0.15, 0.2) is 48.5 Å². The van der Waals surface area contributed by atoms with Crippen LogP contribution in [0.3, 0.4) is 0 Å². The minimum atomic E-state index is -1.15. The van der Waals surface area contributed by atoms with Gasteiger partial charge in [-0.1, -0.05) is 49.6 Å². The molecule has 1 heterocycles. The SMILES string of the molecule is CN1C(=O)[C@H](NC(=O)[C@@H](Cc2ccccc2F)NC(=O)OC(C)(C)C)CN(CC2CCCCC2)c2ccccc21. The van der Waals surface area contributed by atoms with Crippen molar-refractivity contribution < 1.29 is 23.5 Å². The molecule has 0 saturated heterocycles. The van der Waals surface area contributed by atoms with Crippen LogP contribution in [0.4, 0.5) is 20.6 Å². The zero-order chi connectivity index (χ0) is 28.9. The van der Waals surface area contributed by atoms with Crippen molar-refractivity contribution in [2.45, 2.75) is 77.0 Å². The molecule has 8 nitrogen and oxygen atoms in total. The van der Waals surface area contributed by atoms with E-state index >= 15 is 0 Å². The van der Waals surface area contributed by atoms with Crippen molar-refractivity contribution in [3.8, 4) is 0 Å². The Bertz CT molecular complexity index is 1210. The monoisotopic (exact) mass is 552 g/mol. The molecular weight excluding hydrogens is 511 g/mol. The fraction of sp³-hybridized carbons (Fsp3) is 0.516. The van der Waals surface area contributed by atoms with Crippen molar-refractivity contribution in [2.24, 2.45) is 5.92 Å². The number of nitrogens with one attached hydrogen (secondary N) is 2. The van der Waals surface area contributed by atoms with E-state index in [0.29, 0.717) is 12.5 Å². The Morgan fingerprint density at radius 3 is 2.35 bits per heavy atom. The quantitative estimate of drug-likeness (QED) is 0.515. The van der Waals surface area contributed by atoms with Gasteiger partial charge < -0.3 is 25.2 Å². The molecule has 9 heteroatoms. The van der Waals surface area contributed by atoms with E-state index in [1.165, 1.54) is 25.3 Å². The lowest BCUT2D eigenvalue weighted by Gasteiger charge is -2.32. The van der Waals surface area contributed by atoms with Gasteiger partial charge in [0.2, 0.25) is 5.91 Å². The molecule has 4 rings (SSSR count). The summed E-state index contributed by atoms with van der Waals surface area (Å²) in [6.45, 7) is 6.24. The van der Waals surface area contributed by atoms with Crippen molar-refractivity contribution in [1.82, 2.24) is 10.6 Å². The third-order valence-electron chi connectivity index (χ3n) is 7.52. The highest BCUT2D eigenvalue weighted by Gasteiger charge is 2.36. The van der Waals surface area contributed by atoms with E-state index in [0.717, 1.165) is 30.8 Å². The summed E-state index contributed by atoms with van der Waals surface area (Å²) in [5, 5.41) is 5.48. The molecule has 1 fully saturated rings. The Labute approximate surface area is 236 Å². The van der Waals surface area contributed by atoms with E-state index in [4.69, 9.17) is 4.74 Å². The molecule has 0 radical (unpaired) electrons. The Morgan fingerprint density at radius 1 is 1.02 bits per heavy atom. The van der Waals surface area contributed by atoms with Crippen LogP contribution >= 0.6 is 0 Å². The number of ether oxygens (including phenoxy) is 1. The predicted octanol–water partition coefficient (Wildman–Crippen LogP) is 4.81. The van der Waals surface area contributed by atoms with Gasteiger partial charge in [-0.2, -0.15) is 0 Å². The number of likely N-dealkylation sites (N-methyl/N-ethyl adjacent to an activating group) is 1. The van der Waals surface area contributed by atoms with Crippen molar-refractivity contribution in [3.05, 3.63) is 59.9 Å². The summed E-state index contributed by atoms with van der Waals surface area (Å²) in [6, 6.07) is 11.9. The molecule has 0 spiro atoms. The molecule has 0 unspecified atom stereocenters. The van der Waals surface area contributed by atoms with E-state index in [1.54, 1.807) is 50.9 Å². The normalized spacial score (nSPS) is 18.9. The van der Waals surface area contributed by atoms with E-state index < -0.39 is 35.5 Å². The van der Waals surface area contributed by atoms with Gasteiger partial charge in [-0.05, 0) is 63.3 Å². The molecule has 0 bridgehead atoms. The molecule has 2 N–H and O–H groups in total. The Kier molecular flexibility index (Phi) is 9.32. The van der Waals surface area contributed by atoms with Gasteiger partial charge >= 0.3 is 6.09 Å². The number of fused-ring (bicyclic) bond motifs is 1. The molecule has 40 heavy (non-hydrogen) atoms. The Balaban J connectivity index is 1.57. The minimum Gasteiger partial charge on any atom is -0.444 e. The van der Waals surface area contributed by atoms with Crippen molar-refractivity contribution in [2.75, 3.05) is 29.9 Å². The minimum absolute atomic E-state index is 0.0967. The maximum atomic E-state index is 14.5. The summed E-state index contributed by atoms with van der Waals surface area (Å²) < 4.78 is 19.9. The number of para-hydroxylation sites is 2. The Hall–Kier alpha value is -3.62. The first-order valence-electron chi connectivity index (χ1n) is 14.2. The third kappa shape index (κ3) is 7.52. The third-order valence-corrected chi connectivity index (χ3v) is 7.52. The van der Waals surface area contributed by atoms with Crippen molar-refractivity contribution in [1.29, 1.82) is 0 Å². The van der Waals surface area contributed by atoms with Gasteiger partial charge in [0.15, 0.2) is 0 Å². The number of rotatable bonds is 7.